The van der Waals surface area contributed by atoms with Gasteiger partial charge in [-0.05, 0) is 81.3 Å². The van der Waals surface area contributed by atoms with Crippen LogP contribution in [0.1, 0.15) is 65.4 Å². The van der Waals surface area contributed by atoms with Crippen molar-refractivity contribution in [2.75, 3.05) is 18.4 Å². The highest BCUT2D eigenvalue weighted by Gasteiger charge is 2.20. The molecule has 1 fully saturated rings. The van der Waals surface area contributed by atoms with E-state index in [0.29, 0.717) is 17.4 Å². The van der Waals surface area contributed by atoms with Gasteiger partial charge in [0.2, 0.25) is 0 Å². The van der Waals surface area contributed by atoms with Crippen LogP contribution in [0.2, 0.25) is 0 Å². The summed E-state index contributed by atoms with van der Waals surface area (Å²) in [6, 6.07) is 8.17. The number of nitrogens with zero attached hydrogens (tertiary/aromatic N) is 1. The van der Waals surface area contributed by atoms with Crippen LogP contribution >= 0.6 is 0 Å². The number of anilines is 1. The number of hydrogen-bond acceptors (Lipinski definition) is 4. The maximum absolute atomic E-state index is 12.5. The summed E-state index contributed by atoms with van der Waals surface area (Å²) < 4.78 is 5.02. The summed E-state index contributed by atoms with van der Waals surface area (Å²) in [4.78, 5) is 12.5. The van der Waals surface area contributed by atoms with Gasteiger partial charge in [-0.15, -0.1) is 0 Å². The van der Waals surface area contributed by atoms with E-state index < -0.39 is 0 Å². The molecule has 0 radical (unpaired) electrons. The van der Waals surface area contributed by atoms with Gasteiger partial charge in [-0.25, -0.2) is 0 Å². The van der Waals surface area contributed by atoms with Crippen molar-refractivity contribution < 1.29 is 9.32 Å². The molecule has 2 N–H and O–H groups in total. The zero-order valence-corrected chi connectivity index (χ0v) is 15.2. The summed E-state index contributed by atoms with van der Waals surface area (Å²) in [5.74, 6) is 1.01. The monoisotopic (exact) mass is 351 g/mol. The summed E-state index contributed by atoms with van der Waals surface area (Å²) in [7, 11) is 0. The molecule has 0 spiro atoms. The molecule has 1 aliphatic heterocycles. The molecule has 26 heavy (non-hydrogen) atoms. The molecule has 0 saturated carbocycles. The summed E-state index contributed by atoms with van der Waals surface area (Å²) in [6.45, 7) is 3.94. The Balaban J connectivity index is 1.63. The zero-order valence-electron chi connectivity index (χ0n) is 15.2. The van der Waals surface area contributed by atoms with E-state index in [1.54, 1.807) is 13.0 Å². The number of carbonyl (C=O) groups is 1. The maximum atomic E-state index is 12.5. The number of carbonyl (C=O) groups excluding carboxylic acids is 1. The van der Waals surface area contributed by atoms with Gasteiger partial charge in [-0.2, -0.15) is 0 Å². The van der Waals surface area contributed by atoms with Crippen LogP contribution in [0.15, 0.2) is 34.9 Å². The standard InChI is InChI=1S/C21H25N3O2/c1-14-12-20(24-26-14)21(25)23-19-7-6-17(15-8-10-22-11-9-15)13-18(19)16-4-2-3-5-16/h4,6-7,12-13,15,22H,2-3,5,8-11H2,1H3,(H,23,25). The minimum atomic E-state index is -0.226. The Bertz CT molecular complexity index is 832. The normalized spacial score (nSPS) is 18.0. The van der Waals surface area contributed by atoms with Crippen molar-refractivity contribution in [2.24, 2.45) is 0 Å². The lowest BCUT2D eigenvalue weighted by Crippen LogP contribution is -2.26. The minimum absolute atomic E-state index is 0.226. The highest BCUT2D eigenvalue weighted by molar-refractivity contribution is 6.04. The average molecular weight is 351 g/mol. The molecule has 136 valence electrons. The summed E-state index contributed by atoms with van der Waals surface area (Å²) in [5.41, 5.74) is 5.06. The van der Waals surface area contributed by atoms with Crippen LogP contribution in [-0.2, 0) is 0 Å². The third kappa shape index (κ3) is 3.58. The molecule has 1 aromatic heterocycles. The Morgan fingerprint density at radius 1 is 1.27 bits per heavy atom. The molecule has 1 amide bonds. The molecule has 1 aliphatic carbocycles. The van der Waals surface area contributed by atoms with Crippen molar-refractivity contribution in [3.05, 3.63) is 52.9 Å². The third-order valence-corrected chi connectivity index (χ3v) is 5.35. The quantitative estimate of drug-likeness (QED) is 0.863. The Labute approximate surface area is 153 Å². The topological polar surface area (TPSA) is 67.2 Å². The fourth-order valence-corrected chi connectivity index (χ4v) is 3.92. The second kappa shape index (κ2) is 7.46. The van der Waals surface area contributed by atoms with Crippen LogP contribution in [0.3, 0.4) is 0 Å². The number of nitrogens with one attached hydrogen (secondary N) is 2. The number of aromatic nitrogens is 1. The molecule has 5 nitrogen and oxygen atoms in total. The molecule has 1 saturated heterocycles. The Hall–Kier alpha value is -2.40. The van der Waals surface area contributed by atoms with Crippen LogP contribution in [0.25, 0.3) is 5.57 Å². The lowest BCUT2D eigenvalue weighted by molar-refractivity contribution is 0.101. The molecule has 2 aromatic rings. The van der Waals surface area contributed by atoms with Gasteiger partial charge in [-0.1, -0.05) is 17.3 Å². The van der Waals surface area contributed by atoms with Gasteiger partial charge in [0.05, 0.1) is 0 Å². The minimum Gasteiger partial charge on any atom is -0.361 e. The highest BCUT2D eigenvalue weighted by Crippen LogP contribution is 2.36. The van der Waals surface area contributed by atoms with E-state index in [4.69, 9.17) is 4.52 Å². The zero-order chi connectivity index (χ0) is 17.9. The van der Waals surface area contributed by atoms with Gasteiger partial charge >= 0.3 is 0 Å². The molecule has 0 atom stereocenters. The van der Waals surface area contributed by atoms with Crippen LogP contribution < -0.4 is 10.6 Å². The smallest absolute Gasteiger partial charge is 0.277 e. The van der Waals surface area contributed by atoms with Crippen LogP contribution in [0.5, 0.6) is 0 Å². The molecule has 2 heterocycles. The van der Waals surface area contributed by atoms with E-state index in [9.17, 15) is 4.79 Å². The van der Waals surface area contributed by atoms with E-state index in [1.165, 1.54) is 30.4 Å². The van der Waals surface area contributed by atoms with Crippen LogP contribution in [-0.4, -0.2) is 24.2 Å². The predicted octanol–water partition coefficient (Wildman–Crippen LogP) is 4.27. The van der Waals surface area contributed by atoms with Gasteiger partial charge in [0.15, 0.2) is 5.69 Å². The fourth-order valence-electron chi connectivity index (χ4n) is 3.92. The van der Waals surface area contributed by atoms with E-state index in [2.05, 4.69) is 40.1 Å². The van der Waals surface area contributed by atoms with Crippen molar-refractivity contribution >= 4 is 17.2 Å². The Morgan fingerprint density at radius 2 is 2.12 bits per heavy atom. The SMILES string of the molecule is Cc1cc(C(=O)Nc2ccc(C3CCNCC3)cc2C2=CCCC2)no1. The molecule has 1 aromatic carbocycles. The summed E-state index contributed by atoms with van der Waals surface area (Å²) in [5, 5.41) is 10.3. The van der Waals surface area contributed by atoms with E-state index in [-0.39, 0.29) is 5.91 Å². The highest BCUT2D eigenvalue weighted by atomic mass is 16.5. The molecule has 0 unspecified atom stereocenters. The predicted molar refractivity (Wildman–Crippen MR) is 102 cm³/mol. The van der Waals surface area contributed by atoms with Crippen molar-refractivity contribution in [1.82, 2.24) is 10.5 Å². The summed E-state index contributed by atoms with van der Waals surface area (Å²) >= 11 is 0. The maximum Gasteiger partial charge on any atom is 0.277 e. The van der Waals surface area contributed by atoms with Crippen molar-refractivity contribution in [1.29, 1.82) is 0 Å². The Kier molecular flexibility index (Phi) is 4.89. The second-order valence-corrected chi connectivity index (χ2v) is 7.23. The number of hydrogen-bond donors (Lipinski definition) is 2. The molecular weight excluding hydrogens is 326 g/mol. The first-order valence-electron chi connectivity index (χ1n) is 9.49. The van der Waals surface area contributed by atoms with Gasteiger partial charge in [0.1, 0.15) is 5.76 Å². The molecule has 2 aliphatic rings. The lowest BCUT2D eigenvalue weighted by Gasteiger charge is -2.24. The number of benzene rings is 1. The lowest BCUT2D eigenvalue weighted by atomic mass is 9.87. The molecular formula is C21H25N3O2. The van der Waals surface area contributed by atoms with Gasteiger partial charge in [0.25, 0.3) is 5.91 Å². The first kappa shape index (κ1) is 17.0. The molecule has 4 rings (SSSR count). The van der Waals surface area contributed by atoms with Crippen LogP contribution in [0, 0.1) is 6.92 Å². The number of rotatable bonds is 4. The number of allylic oxidation sites excluding steroid dienone is 2. The largest absolute Gasteiger partial charge is 0.361 e. The first-order valence-corrected chi connectivity index (χ1v) is 9.49. The van der Waals surface area contributed by atoms with Crippen LogP contribution in [0.4, 0.5) is 5.69 Å². The number of aryl methyl sites for hydroxylation is 1. The van der Waals surface area contributed by atoms with Gasteiger partial charge in [-0.3, -0.25) is 4.79 Å². The second-order valence-electron chi connectivity index (χ2n) is 7.23. The molecule has 5 heteroatoms. The number of amides is 1. The fraction of sp³-hybridized carbons (Fsp3) is 0.429. The van der Waals surface area contributed by atoms with Crippen molar-refractivity contribution in [2.45, 2.75) is 44.9 Å². The molecule has 0 bridgehead atoms. The van der Waals surface area contributed by atoms with Crippen molar-refractivity contribution in [3.63, 3.8) is 0 Å². The van der Waals surface area contributed by atoms with E-state index >= 15 is 0 Å². The van der Waals surface area contributed by atoms with Gasteiger partial charge in [0, 0.05) is 17.3 Å². The van der Waals surface area contributed by atoms with E-state index in [1.807, 2.05) is 0 Å². The third-order valence-electron chi connectivity index (χ3n) is 5.35. The summed E-state index contributed by atoms with van der Waals surface area (Å²) in [6.07, 6.45) is 8.01. The van der Waals surface area contributed by atoms with Gasteiger partial charge < -0.3 is 15.2 Å². The number of piperidine rings is 1. The van der Waals surface area contributed by atoms with Crippen molar-refractivity contribution in [3.8, 4) is 0 Å². The average Bonchev–Trinajstić information content (AvgIpc) is 3.34. The van der Waals surface area contributed by atoms with E-state index in [0.717, 1.165) is 37.2 Å². The first-order chi connectivity index (χ1) is 12.7. The Morgan fingerprint density at radius 3 is 2.81 bits per heavy atom.